The van der Waals surface area contributed by atoms with Gasteiger partial charge in [0.1, 0.15) is 0 Å². The molecule has 2 amide bonds. The molecule has 0 atom stereocenters. The fraction of sp³-hybridized carbons (Fsp3) is 0. The van der Waals surface area contributed by atoms with E-state index in [2.05, 4.69) is 17.6 Å². The van der Waals surface area contributed by atoms with E-state index in [1.54, 1.807) is 36.4 Å². The van der Waals surface area contributed by atoms with Crippen molar-refractivity contribution in [2.24, 2.45) is 0 Å². The van der Waals surface area contributed by atoms with E-state index in [1.165, 1.54) is 0 Å². The third kappa shape index (κ3) is 3.58. The molecule has 1 radical (unpaired) electrons. The maximum atomic E-state index is 11.7. The fourth-order valence-corrected chi connectivity index (χ4v) is 1.55. The molecule has 0 heterocycles. The number of benzene rings is 2. The summed E-state index contributed by atoms with van der Waals surface area (Å²) >= 11 is 0. The molecule has 4 nitrogen and oxygen atoms in total. The zero-order valence-electron chi connectivity index (χ0n) is 10.2. The molecule has 0 spiro atoms. The average molecular weight is 250 g/mol. The van der Waals surface area contributed by atoms with Crippen LogP contribution in [-0.2, 0) is 0 Å². The number of hydrogen-bond acceptors (Lipinski definition) is 2. The number of nitriles is 1. The van der Waals surface area contributed by atoms with Gasteiger partial charge < -0.3 is 10.6 Å². The zero-order chi connectivity index (χ0) is 13.7. The number of amides is 2. The van der Waals surface area contributed by atoms with E-state index in [9.17, 15) is 4.79 Å². The molecule has 0 aromatic heterocycles. The van der Waals surface area contributed by atoms with E-state index in [1.807, 2.05) is 18.2 Å². The lowest BCUT2D eigenvalue weighted by molar-refractivity contribution is 0.262. The zero-order valence-corrected chi connectivity index (χ0v) is 10.2. The Hall–Kier alpha value is -2.80. The molecule has 0 saturated carbocycles. The average Bonchev–Trinajstić information content (AvgIpc) is 2.41. The van der Waals surface area contributed by atoms with Crippen LogP contribution in [0.2, 0.25) is 0 Å². The molecule has 0 unspecified atom stereocenters. The topological polar surface area (TPSA) is 64.9 Å². The third-order valence-electron chi connectivity index (χ3n) is 2.46. The number of nitrogens with one attached hydrogen (secondary N) is 2. The summed E-state index contributed by atoms with van der Waals surface area (Å²) in [7, 11) is 0. The largest absolute Gasteiger partial charge is 0.323 e. The van der Waals surface area contributed by atoms with Crippen LogP contribution in [0.5, 0.6) is 0 Å². The van der Waals surface area contributed by atoms with Gasteiger partial charge in [-0.2, -0.15) is 5.26 Å². The first-order valence-electron chi connectivity index (χ1n) is 5.67. The highest BCUT2D eigenvalue weighted by molar-refractivity contribution is 5.99. The second-order valence-electron chi connectivity index (χ2n) is 3.97. The minimum atomic E-state index is -0.355. The van der Waals surface area contributed by atoms with Crippen molar-refractivity contribution in [1.29, 1.82) is 5.26 Å². The Kier molecular flexibility index (Phi) is 3.79. The molecular formula is C15H12N3O. The van der Waals surface area contributed by atoms with Gasteiger partial charge in [-0.25, -0.2) is 4.79 Å². The van der Waals surface area contributed by atoms with E-state index in [4.69, 9.17) is 5.26 Å². The highest BCUT2D eigenvalue weighted by atomic mass is 16.2. The Morgan fingerprint density at radius 1 is 1.05 bits per heavy atom. The van der Waals surface area contributed by atoms with Crippen molar-refractivity contribution in [3.63, 3.8) is 0 Å². The van der Waals surface area contributed by atoms with Crippen molar-refractivity contribution < 1.29 is 4.79 Å². The molecule has 0 aliphatic heterocycles. The van der Waals surface area contributed by atoms with Gasteiger partial charge in [-0.3, -0.25) is 0 Å². The maximum absolute atomic E-state index is 11.7. The molecule has 0 saturated heterocycles. The van der Waals surface area contributed by atoms with Crippen LogP contribution in [0, 0.1) is 18.3 Å². The lowest BCUT2D eigenvalue weighted by Crippen LogP contribution is -2.19. The lowest BCUT2D eigenvalue weighted by atomic mass is 10.2. The maximum Gasteiger partial charge on any atom is 0.323 e. The molecule has 2 aromatic rings. The molecule has 2 rings (SSSR count). The minimum Gasteiger partial charge on any atom is -0.308 e. The summed E-state index contributed by atoms with van der Waals surface area (Å²) in [5, 5.41) is 14.1. The minimum absolute atomic E-state index is 0.355. The van der Waals surface area contributed by atoms with Gasteiger partial charge in [0.25, 0.3) is 0 Å². The number of carbonyl (C=O) groups is 1. The molecule has 2 aromatic carbocycles. The van der Waals surface area contributed by atoms with E-state index in [0.717, 1.165) is 5.56 Å². The van der Waals surface area contributed by atoms with Crippen LogP contribution in [0.1, 0.15) is 11.1 Å². The van der Waals surface area contributed by atoms with E-state index in [0.29, 0.717) is 16.9 Å². The van der Waals surface area contributed by atoms with Gasteiger partial charge in [0.2, 0.25) is 0 Å². The molecule has 2 N–H and O–H groups in total. The van der Waals surface area contributed by atoms with E-state index in [-0.39, 0.29) is 6.03 Å². The Morgan fingerprint density at radius 3 is 2.42 bits per heavy atom. The molecule has 0 aliphatic carbocycles. The Bertz CT molecular complexity index is 627. The van der Waals surface area contributed by atoms with Crippen molar-refractivity contribution in [2.45, 2.75) is 0 Å². The number of carbonyl (C=O) groups excluding carboxylic acids is 1. The molecule has 0 bridgehead atoms. The first-order valence-corrected chi connectivity index (χ1v) is 5.67. The number of rotatable bonds is 2. The quantitative estimate of drug-likeness (QED) is 0.858. The normalized spacial score (nSPS) is 9.47. The van der Waals surface area contributed by atoms with Crippen LogP contribution >= 0.6 is 0 Å². The van der Waals surface area contributed by atoms with Gasteiger partial charge in [-0.05, 0) is 42.8 Å². The van der Waals surface area contributed by atoms with Gasteiger partial charge in [0.15, 0.2) is 0 Å². The predicted molar refractivity (Wildman–Crippen MR) is 74.7 cm³/mol. The molecule has 4 heteroatoms. The van der Waals surface area contributed by atoms with Crippen molar-refractivity contribution in [1.82, 2.24) is 0 Å². The highest BCUT2D eigenvalue weighted by Crippen LogP contribution is 2.12. The summed E-state index contributed by atoms with van der Waals surface area (Å²) in [5.41, 5.74) is 2.64. The molecule has 0 fully saturated rings. The van der Waals surface area contributed by atoms with E-state index < -0.39 is 0 Å². The van der Waals surface area contributed by atoms with Crippen molar-refractivity contribution in [3.8, 4) is 6.07 Å². The second kappa shape index (κ2) is 5.69. The number of urea groups is 1. The molecular weight excluding hydrogens is 238 g/mol. The van der Waals surface area contributed by atoms with Crippen molar-refractivity contribution in [2.75, 3.05) is 10.6 Å². The summed E-state index contributed by atoms with van der Waals surface area (Å²) in [6.45, 7) is 3.77. The Morgan fingerprint density at radius 2 is 1.74 bits per heavy atom. The van der Waals surface area contributed by atoms with Gasteiger partial charge in [0.05, 0.1) is 11.6 Å². The molecule has 0 aliphatic rings. The Labute approximate surface area is 111 Å². The van der Waals surface area contributed by atoms with Crippen LogP contribution in [0.4, 0.5) is 16.2 Å². The number of anilines is 2. The van der Waals surface area contributed by atoms with Gasteiger partial charge in [-0.15, -0.1) is 0 Å². The highest BCUT2D eigenvalue weighted by Gasteiger charge is 2.02. The predicted octanol–water partition coefficient (Wildman–Crippen LogP) is 3.38. The lowest BCUT2D eigenvalue weighted by Gasteiger charge is -2.08. The van der Waals surface area contributed by atoms with Crippen LogP contribution in [0.25, 0.3) is 0 Å². The summed E-state index contributed by atoms with van der Waals surface area (Å²) < 4.78 is 0. The van der Waals surface area contributed by atoms with Crippen molar-refractivity contribution >= 4 is 17.4 Å². The fourth-order valence-electron chi connectivity index (χ4n) is 1.55. The van der Waals surface area contributed by atoms with E-state index >= 15 is 0 Å². The van der Waals surface area contributed by atoms with Crippen LogP contribution < -0.4 is 10.6 Å². The van der Waals surface area contributed by atoms with Crippen LogP contribution in [-0.4, -0.2) is 6.03 Å². The summed E-state index contributed by atoms with van der Waals surface area (Å²) in [6, 6.07) is 15.6. The van der Waals surface area contributed by atoms with Crippen LogP contribution in [0.15, 0.2) is 48.5 Å². The molecule has 93 valence electrons. The van der Waals surface area contributed by atoms with Gasteiger partial charge in [0, 0.05) is 11.4 Å². The summed E-state index contributed by atoms with van der Waals surface area (Å²) in [6.07, 6.45) is 0. The summed E-state index contributed by atoms with van der Waals surface area (Å²) in [5.74, 6) is 0. The SMILES string of the molecule is [CH2]c1ccc(NC(=O)Nc2cccc(C#N)c2)cc1. The standard InChI is InChI=1S/C15H12N3O/c1-11-5-7-13(8-6-11)17-15(19)18-14-4-2-3-12(9-14)10-16/h2-9H,1H2,(H2,17,18,19). The smallest absolute Gasteiger partial charge is 0.308 e. The molecule has 19 heavy (non-hydrogen) atoms. The van der Waals surface area contributed by atoms with Crippen LogP contribution in [0.3, 0.4) is 0 Å². The first kappa shape index (κ1) is 12.7. The monoisotopic (exact) mass is 250 g/mol. The Balaban J connectivity index is 2.01. The third-order valence-corrected chi connectivity index (χ3v) is 2.46. The van der Waals surface area contributed by atoms with Gasteiger partial charge in [-0.1, -0.05) is 18.2 Å². The number of nitrogens with zero attached hydrogens (tertiary/aromatic N) is 1. The van der Waals surface area contributed by atoms with Crippen molar-refractivity contribution in [3.05, 3.63) is 66.6 Å². The second-order valence-corrected chi connectivity index (χ2v) is 3.97. The number of hydrogen-bond donors (Lipinski definition) is 2. The van der Waals surface area contributed by atoms with Gasteiger partial charge >= 0.3 is 6.03 Å². The first-order chi connectivity index (χ1) is 9.17. The summed E-state index contributed by atoms with van der Waals surface area (Å²) in [4.78, 5) is 11.7.